The zero-order valence-electron chi connectivity index (χ0n) is 16.4. The number of piperidine rings is 1. The van der Waals surface area contributed by atoms with Gasteiger partial charge in [-0.3, -0.25) is 9.80 Å². The van der Waals surface area contributed by atoms with E-state index >= 15 is 0 Å². The van der Waals surface area contributed by atoms with Crippen molar-refractivity contribution in [3.8, 4) is 0 Å². The molecule has 1 N–H and O–H groups in total. The number of carbonyl (C=O) groups excluding carboxylic acids is 1. The zero-order valence-corrected chi connectivity index (χ0v) is 16.4. The van der Waals surface area contributed by atoms with E-state index in [2.05, 4.69) is 28.1 Å². The van der Waals surface area contributed by atoms with Crippen LogP contribution in [0.2, 0.25) is 0 Å². The smallest absolute Gasteiger partial charge is 0.321 e. The molecule has 1 aromatic rings. The molecule has 1 unspecified atom stereocenters. The van der Waals surface area contributed by atoms with E-state index < -0.39 is 0 Å². The number of hydrogen-bond donors (Lipinski definition) is 1. The normalized spacial score (nSPS) is 25.2. The Kier molecular flexibility index (Phi) is 5.95. The Labute approximate surface area is 162 Å². The Hall–Kier alpha value is -1.63. The molecule has 3 aliphatic rings. The second-order valence-electron chi connectivity index (χ2n) is 8.12. The van der Waals surface area contributed by atoms with Crippen LogP contribution < -0.4 is 5.32 Å². The van der Waals surface area contributed by atoms with E-state index in [9.17, 15) is 4.79 Å². The van der Waals surface area contributed by atoms with E-state index in [4.69, 9.17) is 4.74 Å². The van der Waals surface area contributed by atoms with Crippen molar-refractivity contribution in [2.75, 3.05) is 51.3 Å². The molecule has 1 aromatic carbocycles. The van der Waals surface area contributed by atoms with Gasteiger partial charge in [-0.25, -0.2) is 4.79 Å². The monoisotopic (exact) mass is 372 g/mol. The highest BCUT2D eigenvalue weighted by Crippen LogP contribution is 2.25. The summed E-state index contributed by atoms with van der Waals surface area (Å²) in [4.78, 5) is 19.6. The lowest BCUT2D eigenvalue weighted by Gasteiger charge is -2.49. The van der Waals surface area contributed by atoms with E-state index in [0.29, 0.717) is 12.1 Å². The summed E-state index contributed by atoms with van der Waals surface area (Å²) in [6.07, 6.45) is 3.92. The molecule has 0 aromatic heterocycles. The molecule has 4 rings (SSSR count). The highest BCUT2D eigenvalue weighted by Gasteiger charge is 2.37. The van der Waals surface area contributed by atoms with Gasteiger partial charge in [0.05, 0.1) is 13.2 Å². The van der Waals surface area contributed by atoms with E-state index in [1.807, 2.05) is 23.1 Å². The maximum Gasteiger partial charge on any atom is 0.321 e. The molecule has 3 fully saturated rings. The van der Waals surface area contributed by atoms with Gasteiger partial charge in [-0.05, 0) is 37.9 Å². The Morgan fingerprint density at radius 1 is 1.15 bits per heavy atom. The molecule has 3 saturated heterocycles. The number of carbonyl (C=O) groups is 1. The van der Waals surface area contributed by atoms with E-state index in [1.165, 1.54) is 31.4 Å². The van der Waals surface area contributed by atoms with Gasteiger partial charge < -0.3 is 15.0 Å². The van der Waals surface area contributed by atoms with Crippen LogP contribution >= 0.6 is 0 Å². The molecule has 0 spiro atoms. The minimum absolute atomic E-state index is 0.0327. The van der Waals surface area contributed by atoms with Crippen LogP contribution in [0.1, 0.15) is 31.7 Å². The number of nitrogens with zero attached hydrogens (tertiary/aromatic N) is 3. The van der Waals surface area contributed by atoms with Crippen molar-refractivity contribution in [2.24, 2.45) is 0 Å². The van der Waals surface area contributed by atoms with Crippen LogP contribution in [0.3, 0.4) is 0 Å². The van der Waals surface area contributed by atoms with Crippen molar-refractivity contribution >= 4 is 11.7 Å². The third-order valence-corrected chi connectivity index (χ3v) is 6.23. The molecule has 3 heterocycles. The summed E-state index contributed by atoms with van der Waals surface area (Å²) in [6.45, 7) is 9.54. The summed E-state index contributed by atoms with van der Waals surface area (Å²) < 4.78 is 5.43. The highest BCUT2D eigenvalue weighted by atomic mass is 16.5. The number of rotatable bonds is 4. The predicted molar refractivity (Wildman–Crippen MR) is 107 cm³/mol. The van der Waals surface area contributed by atoms with Gasteiger partial charge in [0.15, 0.2) is 0 Å². The molecule has 27 heavy (non-hydrogen) atoms. The van der Waals surface area contributed by atoms with Gasteiger partial charge in [-0.2, -0.15) is 0 Å². The number of likely N-dealkylation sites (tertiary alicyclic amines) is 2. The van der Waals surface area contributed by atoms with Crippen LogP contribution in [0.15, 0.2) is 24.3 Å². The average Bonchev–Trinajstić information content (AvgIpc) is 2.64. The molecule has 0 bridgehead atoms. The molecule has 3 aliphatic heterocycles. The van der Waals surface area contributed by atoms with Gasteiger partial charge in [-0.1, -0.05) is 24.6 Å². The lowest BCUT2D eigenvalue weighted by Crippen LogP contribution is -2.64. The van der Waals surface area contributed by atoms with Crippen LogP contribution in [-0.4, -0.2) is 78.8 Å². The molecule has 2 amide bonds. The second kappa shape index (κ2) is 8.59. The Morgan fingerprint density at radius 2 is 1.93 bits per heavy atom. The minimum Gasteiger partial charge on any atom is -0.379 e. The number of hydrogen-bond acceptors (Lipinski definition) is 4. The van der Waals surface area contributed by atoms with Crippen LogP contribution in [0.5, 0.6) is 0 Å². The third kappa shape index (κ3) is 4.45. The quantitative estimate of drug-likeness (QED) is 0.883. The van der Waals surface area contributed by atoms with Crippen molar-refractivity contribution in [1.29, 1.82) is 0 Å². The number of nitrogens with one attached hydrogen (secondary N) is 1. The van der Waals surface area contributed by atoms with Gasteiger partial charge in [0.1, 0.15) is 0 Å². The highest BCUT2D eigenvalue weighted by molar-refractivity contribution is 5.90. The largest absolute Gasteiger partial charge is 0.379 e. The SMILES string of the molecule is CC1CCCCN1C1CN(C(=O)Nc2ccccc2CN2CCOCC2)C1. The Balaban J connectivity index is 1.31. The molecule has 6 heteroatoms. The molecule has 1 atom stereocenters. The number of urea groups is 1. The van der Waals surface area contributed by atoms with E-state index in [1.54, 1.807) is 0 Å². The summed E-state index contributed by atoms with van der Waals surface area (Å²) in [5, 5.41) is 3.15. The number of para-hydroxylation sites is 1. The lowest BCUT2D eigenvalue weighted by atomic mass is 9.98. The van der Waals surface area contributed by atoms with Crippen LogP contribution in [0.4, 0.5) is 10.5 Å². The van der Waals surface area contributed by atoms with Gasteiger partial charge in [0.2, 0.25) is 0 Å². The first-order valence-electron chi connectivity index (χ1n) is 10.4. The van der Waals surface area contributed by atoms with Crippen LogP contribution in [0, 0.1) is 0 Å². The van der Waals surface area contributed by atoms with Crippen LogP contribution in [-0.2, 0) is 11.3 Å². The Morgan fingerprint density at radius 3 is 2.70 bits per heavy atom. The topological polar surface area (TPSA) is 48.0 Å². The van der Waals surface area contributed by atoms with Gasteiger partial charge >= 0.3 is 6.03 Å². The van der Waals surface area contributed by atoms with Crippen molar-refractivity contribution < 1.29 is 9.53 Å². The Bertz CT molecular complexity index is 641. The third-order valence-electron chi connectivity index (χ3n) is 6.23. The number of amides is 2. The number of anilines is 1. The maximum atomic E-state index is 12.7. The van der Waals surface area contributed by atoms with Crippen molar-refractivity contribution in [3.63, 3.8) is 0 Å². The van der Waals surface area contributed by atoms with Crippen molar-refractivity contribution in [2.45, 2.75) is 44.8 Å². The number of benzene rings is 1. The predicted octanol–water partition coefficient (Wildman–Crippen LogP) is 2.61. The summed E-state index contributed by atoms with van der Waals surface area (Å²) in [5.74, 6) is 0. The second-order valence-corrected chi connectivity index (χ2v) is 8.12. The molecular formula is C21H32N4O2. The van der Waals surface area contributed by atoms with Gasteiger partial charge in [-0.15, -0.1) is 0 Å². The minimum atomic E-state index is 0.0327. The van der Waals surface area contributed by atoms with Crippen molar-refractivity contribution in [1.82, 2.24) is 14.7 Å². The summed E-state index contributed by atoms with van der Waals surface area (Å²) in [6, 6.07) is 9.38. The molecule has 0 aliphatic carbocycles. The molecule has 6 nitrogen and oxygen atoms in total. The molecular weight excluding hydrogens is 340 g/mol. The fraction of sp³-hybridized carbons (Fsp3) is 0.667. The first-order valence-corrected chi connectivity index (χ1v) is 10.4. The zero-order chi connectivity index (χ0) is 18.6. The first-order chi connectivity index (χ1) is 13.2. The maximum absolute atomic E-state index is 12.7. The number of morpholine rings is 1. The summed E-state index contributed by atoms with van der Waals surface area (Å²) >= 11 is 0. The lowest BCUT2D eigenvalue weighted by molar-refractivity contribution is 0.0199. The summed E-state index contributed by atoms with van der Waals surface area (Å²) in [7, 11) is 0. The first kappa shape index (κ1) is 18.7. The fourth-order valence-electron chi connectivity index (χ4n) is 4.47. The van der Waals surface area contributed by atoms with E-state index in [-0.39, 0.29) is 6.03 Å². The van der Waals surface area contributed by atoms with Gasteiger partial charge in [0.25, 0.3) is 0 Å². The van der Waals surface area contributed by atoms with Gasteiger partial charge in [0, 0.05) is 50.5 Å². The van der Waals surface area contributed by atoms with Crippen molar-refractivity contribution in [3.05, 3.63) is 29.8 Å². The molecule has 148 valence electrons. The van der Waals surface area contributed by atoms with E-state index in [0.717, 1.165) is 51.6 Å². The number of ether oxygens (including phenoxy) is 1. The average molecular weight is 373 g/mol. The standard InChI is InChI=1S/C21H32N4O2/c1-17-6-4-5-9-25(17)19-15-24(16-19)21(26)22-20-8-3-2-7-18(20)14-23-10-12-27-13-11-23/h2-3,7-8,17,19H,4-6,9-16H2,1H3,(H,22,26). The molecule has 0 radical (unpaired) electrons. The molecule has 0 saturated carbocycles. The fourth-order valence-corrected chi connectivity index (χ4v) is 4.47. The summed E-state index contributed by atoms with van der Waals surface area (Å²) in [5.41, 5.74) is 2.11. The van der Waals surface area contributed by atoms with Crippen LogP contribution in [0.25, 0.3) is 0 Å².